The quantitative estimate of drug-likeness (QED) is 0.336. The fraction of sp³-hybridized carbons (Fsp3) is 0.0385. The van der Waals surface area contributed by atoms with Gasteiger partial charge in [-0.15, -0.1) is 0 Å². The van der Waals surface area contributed by atoms with Crippen molar-refractivity contribution in [3.63, 3.8) is 0 Å². The SMILES string of the molecule is O=S(=O)(Nc1ccc(-c2nc3ccccc3n2Cc2ccccc2)cc1)c1ccc(F)cc1F. The summed E-state index contributed by atoms with van der Waals surface area (Å²) in [4.78, 5) is 4.17. The molecule has 0 radical (unpaired) electrons. The number of fused-ring (bicyclic) bond motifs is 1. The van der Waals surface area contributed by atoms with Crippen LogP contribution in [0.1, 0.15) is 5.56 Å². The van der Waals surface area contributed by atoms with E-state index in [-0.39, 0.29) is 5.69 Å². The molecule has 34 heavy (non-hydrogen) atoms. The molecule has 0 spiro atoms. The van der Waals surface area contributed by atoms with Crippen LogP contribution in [-0.2, 0) is 16.6 Å². The Kier molecular flexibility index (Phi) is 5.59. The van der Waals surface area contributed by atoms with Crippen molar-refractivity contribution in [1.29, 1.82) is 0 Å². The van der Waals surface area contributed by atoms with E-state index >= 15 is 0 Å². The summed E-state index contributed by atoms with van der Waals surface area (Å²) in [7, 11) is -4.22. The molecule has 0 amide bonds. The zero-order valence-corrected chi connectivity index (χ0v) is 18.6. The van der Waals surface area contributed by atoms with Crippen LogP contribution >= 0.6 is 0 Å². The number of aromatic nitrogens is 2. The van der Waals surface area contributed by atoms with E-state index in [1.807, 2.05) is 54.6 Å². The minimum atomic E-state index is -4.22. The molecule has 0 atom stereocenters. The van der Waals surface area contributed by atoms with E-state index in [0.717, 1.165) is 40.1 Å². The maximum atomic E-state index is 14.0. The smallest absolute Gasteiger partial charge is 0.264 e. The van der Waals surface area contributed by atoms with Gasteiger partial charge in [-0.2, -0.15) is 0 Å². The highest BCUT2D eigenvalue weighted by Crippen LogP contribution is 2.28. The third-order valence-electron chi connectivity index (χ3n) is 5.42. The summed E-state index contributed by atoms with van der Waals surface area (Å²) in [6.07, 6.45) is 0. The van der Waals surface area contributed by atoms with Gasteiger partial charge in [0.15, 0.2) is 0 Å². The van der Waals surface area contributed by atoms with Gasteiger partial charge in [-0.05, 0) is 54.1 Å². The highest BCUT2D eigenvalue weighted by atomic mass is 32.2. The summed E-state index contributed by atoms with van der Waals surface area (Å²) >= 11 is 0. The van der Waals surface area contributed by atoms with Gasteiger partial charge in [-0.3, -0.25) is 4.72 Å². The molecule has 0 aliphatic rings. The summed E-state index contributed by atoms with van der Waals surface area (Å²) in [5.41, 5.74) is 4.00. The number of nitrogens with zero attached hydrogens (tertiary/aromatic N) is 2. The van der Waals surface area contributed by atoms with Crippen molar-refractivity contribution in [3.05, 3.63) is 114 Å². The van der Waals surface area contributed by atoms with Gasteiger partial charge in [0.1, 0.15) is 22.4 Å². The highest BCUT2D eigenvalue weighted by Gasteiger charge is 2.20. The second kappa shape index (κ2) is 8.72. The predicted octanol–water partition coefficient (Wildman–Crippen LogP) is 5.83. The van der Waals surface area contributed by atoms with Crippen molar-refractivity contribution in [2.45, 2.75) is 11.4 Å². The molecule has 0 aliphatic heterocycles. The Bertz CT molecular complexity index is 1580. The van der Waals surface area contributed by atoms with Gasteiger partial charge in [0.05, 0.1) is 11.0 Å². The van der Waals surface area contributed by atoms with Crippen LogP contribution in [0.5, 0.6) is 0 Å². The first-order chi connectivity index (χ1) is 16.4. The van der Waals surface area contributed by atoms with Crippen LogP contribution in [0.2, 0.25) is 0 Å². The molecule has 170 valence electrons. The van der Waals surface area contributed by atoms with Crippen molar-refractivity contribution < 1.29 is 17.2 Å². The van der Waals surface area contributed by atoms with Crippen molar-refractivity contribution in [2.75, 3.05) is 4.72 Å². The topological polar surface area (TPSA) is 64.0 Å². The Morgan fingerprint density at radius 1 is 0.824 bits per heavy atom. The molecule has 5 aromatic rings. The average Bonchev–Trinajstić information content (AvgIpc) is 3.18. The molecular formula is C26H19F2N3O2S. The van der Waals surface area contributed by atoms with Crippen molar-refractivity contribution in [1.82, 2.24) is 9.55 Å². The van der Waals surface area contributed by atoms with Crippen LogP contribution < -0.4 is 4.72 Å². The van der Waals surface area contributed by atoms with Gasteiger partial charge in [0.25, 0.3) is 10.0 Å². The van der Waals surface area contributed by atoms with Gasteiger partial charge in [-0.25, -0.2) is 22.2 Å². The van der Waals surface area contributed by atoms with E-state index in [2.05, 4.69) is 9.29 Å². The van der Waals surface area contributed by atoms with Crippen LogP contribution in [0, 0.1) is 11.6 Å². The Morgan fingerprint density at radius 3 is 2.26 bits per heavy atom. The van der Waals surface area contributed by atoms with Gasteiger partial charge in [-0.1, -0.05) is 42.5 Å². The zero-order chi connectivity index (χ0) is 23.7. The van der Waals surface area contributed by atoms with Crippen LogP contribution in [-0.4, -0.2) is 18.0 Å². The molecular weight excluding hydrogens is 456 g/mol. The maximum absolute atomic E-state index is 14.0. The molecule has 0 fully saturated rings. The lowest BCUT2D eigenvalue weighted by Gasteiger charge is -2.12. The van der Waals surface area contributed by atoms with Crippen molar-refractivity contribution in [3.8, 4) is 11.4 Å². The number of anilines is 1. The second-order valence-corrected chi connectivity index (χ2v) is 9.40. The summed E-state index contributed by atoms with van der Waals surface area (Å²) in [5.74, 6) is -1.26. The molecule has 0 aliphatic carbocycles. The van der Waals surface area contributed by atoms with Crippen molar-refractivity contribution in [2.24, 2.45) is 0 Å². The number of rotatable bonds is 6. The molecule has 1 heterocycles. The van der Waals surface area contributed by atoms with E-state index in [4.69, 9.17) is 4.98 Å². The van der Waals surface area contributed by atoms with Crippen LogP contribution in [0.25, 0.3) is 22.4 Å². The van der Waals surface area contributed by atoms with Gasteiger partial charge < -0.3 is 4.57 Å². The molecule has 0 bridgehead atoms. The molecule has 0 saturated heterocycles. The highest BCUT2D eigenvalue weighted by molar-refractivity contribution is 7.92. The molecule has 5 nitrogen and oxygen atoms in total. The monoisotopic (exact) mass is 475 g/mol. The number of hydrogen-bond donors (Lipinski definition) is 1. The number of imidazole rings is 1. The number of nitrogens with one attached hydrogen (secondary N) is 1. The third kappa shape index (κ3) is 4.27. The molecule has 1 N–H and O–H groups in total. The second-order valence-electron chi connectivity index (χ2n) is 7.75. The van der Waals surface area contributed by atoms with Crippen LogP contribution in [0.3, 0.4) is 0 Å². The normalized spacial score (nSPS) is 11.6. The third-order valence-corrected chi connectivity index (χ3v) is 6.83. The standard InChI is InChI=1S/C26H19F2N3O2S/c27-20-12-15-25(22(28)16-20)34(32,33)30-21-13-10-19(11-14-21)26-29-23-8-4-5-9-24(23)31(26)17-18-6-2-1-3-7-18/h1-16,30H,17H2. The first kappa shape index (κ1) is 21.8. The summed E-state index contributed by atoms with van der Waals surface area (Å²) in [5, 5.41) is 0. The number of halogens is 2. The number of sulfonamides is 1. The van der Waals surface area contributed by atoms with E-state index in [0.29, 0.717) is 12.6 Å². The van der Waals surface area contributed by atoms with Crippen molar-refractivity contribution >= 4 is 26.7 Å². The molecule has 0 saturated carbocycles. The Labute approximate surface area is 195 Å². The zero-order valence-electron chi connectivity index (χ0n) is 17.8. The Balaban J connectivity index is 1.48. The fourth-order valence-electron chi connectivity index (χ4n) is 3.81. The predicted molar refractivity (Wildman–Crippen MR) is 128 cm³/mol. The summed E-state index contributed by atoms with van der Waals surface area (Å²) in [6, 6.07) is 26.9. The largest absolute Gasteiger partial charge is 0.319 e. The Hall–Kier alpha value is -4.04. The lowest BCUT2D eigenvalue weighted by Crippen LogP contribution is -2.14. The van der Waals surface area contributed by atoms with Gasteiger partial charge >= 0.3 is 0 Å². The summed E-state index contributed by atoms with van der Waals surface area (Å²) < 4.78 is 56.7. The molecule has 8 heteroatoms. The van der Waals surface area contributed by atoms with E-state index in [1.54, 1.807) is 24.3 Å². The van der Waals surface area contributed by atoms with E-state index in [9.17, 15) is 17.2 Å². The summed E-state index contributed by atoms with van der Waals surface area (Å²) in [6.45, 7) is 0.620. The minimum absolute atomic E-state index is 0.248. The minimum Gasteiger partial charge on any atom is -0.319 e. The van der Waals surface area contributed by atoms with Crippen LogP contribution in [0.15, 0.2) is 102 Å². The first-order valence-electron chi connectivity index (χ1n) is 10.5. The lowest BCUT2D eigenvalue weighted by atomic mass is 10.2. The van der Waals surface area contributed by atoms with Gasteiger partial charge in [0.2, 0.25) is 0 Å². The number of benzene rings is 4. The molecule has 4 aromatic carbocycles. The van der Waals surface area contributed by atoms with Crippen LogP contribution in [0.4, 0.5) is 14.5 Å². The maximum Gasteiger partial charge on any atom is 0.264 e. The number of hydrogen-bond acceptors (Lipinski definition) is 3. The number of para-hydroxylation sites is 2. The van der Waals surface area contributed by atoms with E-state index in [1.165, 1.54) is 0 Å². The van der Waals surface area contributed by atoms with E-state index < -0.39 is 26.6 Å². The lowest BCUT2D eigenvalue weighted by molar-refractivity contribution is 0.551. The first-order valence-corrected chi connectivity index (χ1v) is 12.0. The molecule has 0 unspecified atom stereocenters. The van der Waals surface area contributed by atoms with Gasteiger partial charge in [0, 0.05) is 23.9 Å². The molecule has 5 rings (SSSR count). The average molecular weight is 476 g/mol. The Morgan fingerprint density at radius 2 is 1.53 bits per heavy atom. The fourth-order valence-corrected chi connectivity index (χ4v) is 4.93. The molecule has 1 aromatic heterocycles.